The van der Waals surface area contributed by atoms with Gasteiger partial charge in [0, 0.05) is 15.7 Å². The van der Waals surface area contributed by atoms with Gasteiger partial charge in [0.1, 0.15) is 5.69 Å². The van der Waals surface area contributed by atoms with Gasteiger partial charge in [-0.05, 0) is 50.6 Å². The normalized spacial score (nSPS) is 13.7. The van der Waals surface area contributed by atoms with E-state index in [2.05, 4.69) is 27.5 Å². The summed E-state index contributed by atoms with van der Waals surface area (Å²) in [5.74, 6) is -0.193. The van der Waals surface area contributed by atoms with Crippen LogP contribution in [-0.2, 0) is 9.53 Å². The summed E-state index contributed by atoms with van der Waals surface area (Å²) in [4.78, 5) is 16.8. The number of nitrogens with zero attached hydrogens (tertiary/aromatic N) is 1. The largest absolute Gasteiger partial charge is 0.421 e. The topological polar surface area (TPSA) is 39.2 Å². The summed E-state index contributed by atoms with van der Waals surface area (Å²) in [5.41, 5.74) is 1.82. The van der Waals surface area contributed by atoms with Crippen molar-refractivity contribution in [2.45, 2.75) is 20.8 Å². The zero-order chi connectivity index (χ0) is 18.1. The first-order valence-electron chi connectivity index (χ1n) is 7.23. The van der Waals surface area contributed by atoms with E-state index >= 15 is 0 Å². The minimum atomic E-state index is -0.517. The fourth-order valence-electron chi connectivity index (χ4n) is 1.77. The van der Waals surface area contributed by atoms with Gasteiger partial charge in [0.15, 0.2) is 5.76 Å². The van der Waals surface area contributed by atoms with Gasteiger partial charge < -0.3 is 4.74 Å². The Kier molecular flexibility index (Phi) is 8.44. The average Bonchev–Trinajstić information content (AvgIpc) is 2.56. The molecule has 0 bridgehead atoms. The van der Waals surface area contributed by atoms with Crippen LogP contribution in [0.2, 0.25) is 0 Å². The number of aromatic nitrogens is 1. The Bertz CT molecular complexity index is 741. The number of esters is 1. The molecule has 1 aromatic heterocycles. The molecule has 0 atom stereocenters. The van der Waals surface area contributed by atoms with Crippen LogP contribution in [0.25, 0.3) is 5.76 Å². The number of hydrogen-bond acceptors (Lipinski definition) is 3. The van der Waals surface area contributed by atoms with Gasteiger partial charge in [0.25, 0.3) is 0 Å². The quantitative estimate of drug-likeness (QED) is 0.257. The lowest BCUT2D eigenvalue weighted by Crippen LogP contribution is -2.09. The van der Waals surface area contributed by atoms with Gasteiger partial charge in [-0.15, -0.1) is 0 Å². The molecule has 3 nitrogen and oxygen atoms in total. The predicted octanol–water partition coefficient (Wildman–Crippen LogP) is 5.83. The maximum atomic E-state index is 12.5. The third-order valence-corrected chi connectivity index (χ3v) is 3.94. The lowest BCUT2D eigenvalue weighted by molar-refractivity contribution is -0.132. The second-order valence-electron chi connectivity index (χ2n) is 4.80. The molecule has 0 N–H and O–H groups in total. The molecule has 5 heteroatoms. The molecule has 24 heavy (non-hydrogen) atoms. The number of halogens is 2. The summed E-state index contributed by atoms with van der Waals surface area (Å²) in [7, 11) is 0. The van der Waals surface area contributed by atoms with Crippen molar-refractivity contribution in [2.75, 3.05) is 0 Å². The number of hydrogen-bond donors (Lipinski definition) is 0. The number of carbonyl (C=O) groups is 1. The van der Waals surface area contributed by atoms with Crippen molar-refractivity contribution in [3.8, 4) is 0 Å². The zero-order valence-electron chi connectivity index (χ0n) is 13.8. The third kappa shape index (κ3) is 5.95. The molecule has 0 aliphatic rings. The van der Waals surface area contributed by atoms with E-state index in [1.54, 1.807) is 37.4 Å². The number of ether oxygens (including phenoxy) is 1. The third-order valence-electron chi connectivity index (χ3n) is 2.93. The zero-order valence-corrected chi connectivity index (χ0v) is 16.2. The molecule has 0 fully saturated rings. The smallest absolute Gasteiger partial charge is 0.344 e. The van der Waals surface area contributed by atoms with E-state index in [0.29, 0.717) is 26.5 Å². The minimum absolute atomic E-state index is 0.324. The summed E-state index contributed by atoms with van der Waals surface area (Å²) in [6.45, 7) is 9.07. The molecule has 0 aliphatic carbocycles. The highest BCUT2D eigenvalue weighted by molar-refractivity contribution is 9.12. The Labute approximate surface area is 156 Å². The Morgan fingerprint density at radius 2 is 2.08 bits per heavy atom. The summed E-state index contributed by atoms with van der Waals surface area (Å²) in [6, 6.07) is 3.71. The van der Waals surface area contributed by atoms with E-state index in [4.69, 9.17) is 16.3 Å². The van der Waals surface area contributed by atoms with Gasteiger partial charge in [-0.2, -0.15) is 0 Å². The standard InChI is InChI=1S/C19H19BrClNO2/c1-5-8-15(16(20)6-2)19(23)24-17(11-10-14(4)21)18-13(3)9-7-12-22-18/h5-12H,1H2,2-4H3/b14-10+,15-8+,16-6+,17-11+. The van der Waals surface area contributed by atoms with Crippen LogP contribution >= 0.6 is 27.5 Å². The Morgan fingerprint density at radius 3 is 2.62 bits per heavy atom. The van der Waals surface area contributed by atoms with Crippen molar-refractivity contribution in [3.05, 3.63) is 81.6 Å². The average molecular weight is 409 g/mol. The van der Waals surface area contributed by atoms with Gasteiger partial charge in [0.05, 0.1) is 5.57 Å². The van der Waals surface area contributed by atoms with Crippen molar-refractivity contribution < 1.29 is 9.53 Å². The van der Waals surface area contributed by atoms with Crippen molar-refractivity contribution in [3.63, 3.8) is 0 Å². The van der Waals surface area contributed by atoms with Crippen LogP contribution in [0.1, 0.15) is 25.1 Å². The van der Waals surface area contributed by atoms with Crippen LogP contribution in [0.15, 0.2) is 70.4 Å². The molecule has 0 spiro atoms. The molecule has 1 rings (SSSR count). The number of pyridine rings is 1. The van der Waals surface area contributed by atoms with Crippen LogP contribution in [0.3, 0.4) is 0 Å². The molecule has 0 aliphatic heterocycles. The molecular formula is C19H19BrClNO2. The highest BCUT2D eigenvalue weighted by Crippen LogP contribution is 2.24. The van der Waals surface area contributed by atoms with E-state index in [-0.39, 0.29) is 0 Å². The van der Waals surface area contributed by atoms with E-state index in [1.165, 1.54) is 6.08 Å². The van der Waals surface area contributed by atoms with Gasteiger partial charge in [-0.3, -0.25) is 4.98 Å². The maximum absolute atomic E-state index is 12.5. The monoisotopic (exact) mass is 407 g/mol. The number of aryl methyl sites for hydroxylation is 1. The summed E-state index contributed by atoms with van der Waals surface area (Å²) >= 11 is 9.23. The van der Waals surface area contributed by atoms with Crippen molar-refractivity contribution in [1.29, 1.82) is 0 Å². The molecule has 126 valence electrons. The van der Waals surface area contributed by atoms with E-state index in [9.17, 15) is 4.79 Å². The fourth-order valence-corrected chi connectivity index (χ4v) is 2.13. The number of allylic oxidation sites excluding steroid dienone is 6. The first-order chi connectivity index (χ1) is 11.4. The number of carbonyl (C=O) groups excluding carboxylic acids is 1. The first-order valence-corrected chi connectivity index (χ1v) is 8.41. The van der Waals surface area contributed by atoms with Crippen LogP contribution in [0.5, 0.6) is 0 Å². The lowest BCUT2D eigenvalue weighted by Gasteiger charge is -2.11. The predicted molar refractivity (Wildman–Crippen MR) is 104 cm³/mol. The number of rotatable bonds is 6. The Balaban J connectivity index is 3.28. The van der Waals surface area contributed by atoms with Gasteiger partial charge in [-0.1, -0.05) is 52.3 Å². The highest BCUT2D eigenvalue weighted by Gasteiger charge is 2.18. The van der Waals surface area contributed by atoms with E-state index < -0.39 is 5.97 Å². The second-order valence-corrected chi connectivity index (χ2v) is 6.25. The summed E-state index contributed by atoms with van der Waals surface area (Å²) in [6.07, 6.45) is 9.79. The van der Waals surface area contributed by atoms with Gasteiger partial charge in [-0.25, -0.2) is 4.79 Å². The van der Waals surface area contributed by atoms with Gasteiger partial charge >= 0.3 is 5.97 Å². The Morgan fingerprint density at radius 1 is 1.38 bits per heavy atom. The molecule has 0 unspecified atom stereocenters. The van der Waals surface area contributed by atoms with Crippen molar-refractivity contribution in [2.24, 2.45) is 0 Å². The van der Waals surface area contributed by atoms with Crippen LogP contribution < -0.4 is 0 Å². The molecule has 0 amide bonds. The Hall–Kier alpha value is -1.91. The molecule has 0 aromatic carbocycles. The van der Waals surface area contributed by atoms with Crippen molar-refractivity contribution >= 4 is 39.3 Å². The maximum Gasteiger partial charge on any atom is 0.344 e. The SMILES string of the molecule is C=C/C=C(C(=O)O/C(=C/C=C(\C)Cl)c1ncccc1C)\C(Br)=C/C. The van der Waals surface area contributed by atoms with Crippen LogP contribution in [-0.4, -0.2) is 11.0 Å². The molecule has 0 radical (unpaired) electrons. The summed E-state index contributed by atoms with van der Waals surface area (Å²) in [5, 5.41) is 0.564. The molecule has 1 aromatic rings. The summed E-state index contributed by atoms with van der Waals surface area (Å²) < 4.78 is 6.19. The second kappa shape index (κ2) is 10.1. The van der Waals surface area contributed by atoms with Gasteiger partial charge in [0.2, 0.25) is 0 Å². The lowest BCUT2D eigenvalue weighted by atomic mass is 10.1. The van der Waals surface area contributed by atoms with E-state index in [0.717, 1.165) is 5.56 Å². The molecular weight excluding hydrogens is 390 g/mol. The van der Waals surface area contributed by atoms with E-state index in [1.807, 2.05) is 26.0 Å². The first kappa shape index (κ1) is 20.1. The molecule has 0 saturated carbocycles. The fraction of sp³-hybridized carbons (Fsp3) is 0.158. The molecule has 1 heterocycles. The van der Waals surface area contributed by atoms with Crippen LogP contribution in [0.4, 0.5) is 0 Å². The minimum Gasteiger partial charge on any atom is -0.421 e. The van der Waals surface area contributed by atoms with Crippen molar-refractivity contribution in [1.82, 2.24) is 4.98 Å². The van der Waals surface area contributed by atoms with Crippen LogP contribution in [0, 0.1) is 6.92 Å². The molecule has 0 saturated heterocycles. The highest BCUT2D eigenvalue weighted by atomic mass is 79.9.